The van der Waals surface area contributed by atoms with Crippen molar-refractivity contribution in [3.05, 3.63) is 12.7 Å². The van der Waals surface area contributed by atoms with E-state index in [4.69, 9.17) is 5.73 Å². The maximum Gasteiger partial charge on any atom is 0.222 e. The number of hydrogen-bond acceptors (Lipinski definition) is 2. The zero-order valence-corrected chi connectivity index (χ0v) is 11.1. The van der Waals surface area contributed by atoms with Gasteiger partial charge in [0.25, 0.3) is 0 Å². The molecule has 0 fully saturated rings. The van der Waals surface area contributed by atoms with E-state index in [0.717, 1.165) is 25.8 Å². The Morgan fingerprint density at radius 2 is 2.00 bits per heavy atom. The Bertz CT molecular complexity index is 186. The lowest BCUT2D eigenvalue weighted by atomic mass is 10.2. The van der Waals surface area contributed by atoms with Crippen molar-refractivity contribution in [3.63, 3.8) is 0 Å². The summed E-state index contributed by atoms with van der Waals surface area (Å²) in [6.07, 6.45) is 7.81. The van der Waals surface area contributed by atoms with Crippen molar-refractivity contribution in [3.8, 4) is 0 Å². The fourth-order valence-corrected chi connectivity index (χ4v) is 1.38. The number of halogens is 1. The van der Waals surface area contributed by atoms with Gasteiger partial charge in [0, 0.05) is 20.0 Å². The van der Waals surface area contributed by atoms with Crippen LogP contribution in [0.4, 0.5) is 0 Å². The number of hydrogen-bond donors (Lipinski definition) is 1. The molecule has 16 heavy (non-hydrogen) atoms. The van der Waals surface area contributed by atoms with Gasteiger partial charge in [0.2, 0.25) is 5.91 Å². The molecule has 0 atom stereocenters. The molecule has 0 saturated heterocycles. The highest BCUT2D eigenvalue weighted by atomic mass is 35.5. The standard InChI is InChI=1S/C12H24N2O.ClH/c1-3-4-5-6-7-11-14(2)12(15)9-8-10-13;/h3H,1,4-11,13H2,2H3;1H. The Hall–Kier alpha value is -0.540. The van der Waals surface area contributed by atoms with Crippen molar-refractivity contribution >= 4 is 18.3 Å². The molecule has 96 valence electrons. The topological polar surface area (TPSA) is 46.3 Å². The summed E-state index contributed by atoms with van der Waals surface area (Å²) in [5.41, 5.74) is 5.35. The van der Waals surface area contributed by atoms with Crippen molar-refractivity contribution < 1.29 is 4.79 Å². The van der Waals surface area contributed by atoms with Gasteiger partial charge in [-0.05, 0) is 32.2 Å². The van der Waals surface area contributed by atoms with Gasteiger partial charge < -0.3 is 10.6 Å². The summed E-state index contributed by atoms with van der Waals surface area (Å²) < 4.78 is 0. The van der Waals surface area contributed by atoms with E-state index in [1.807, 2.05) is 18.0 Å². The number of amides is 1. The van der Waals surface area contributed by atoms with Gasteiger partial charge in [0.05, 0.1) is 0 Å². The van der Waals surface area contributed by atoms with E-state index in [2.05, 4.69) is 6.58 Å². The summed E-state index contributed by atoms with van der Waals surface area (Å²) in [4.78, 5) is 13.3. The van der Waals surface area contributed by atoms with Crippen LogP contribution >= 0.6 is 12.4 Å². The molecule has 4 heteroatoms. The van der Waals surface area contributed by atoms with Crippen LogP contribution in [0, 0.1) is 0 Å². The van der Waals surface area contributed by atoms with Crippen molar-refractivity contribution in [2.45, 2.75) is 38.5 Å². The minimum absolute atomic E-state index is 0. The minimum Gasteiger partial charge on any atom is -0.346 e. The molecule has 0 heterocycles. The second-order valence-corrected chi connectivity index (χ2v) is 3.85. The summed E-state index contributed by atoms with van der Waals surface area (Å²) in [5, 5.41) is 0. The minimum atomic E-state index is 0. The number of carbonyl (C=O) groups is 1. The third kappa shape index (κ3) is 9.99. The fourth-order valence-electron chi connectivity index (χ4n) is 1.38. The second kappa shape index (κ2) is 12.5. The van der Waals surface area contributed by atoms with Crippen LogP contribution in [0.25, 0.3) is 0 Å². The Kier molecular flexibility index (Phi) is 14.0. The Labute approximate surface area is 105 Å². The average molecular weight is 249 g/mol. The van der Waals surface area contributed by atoms with Crippen molar-refractivity contribution in [2.75, 3.05) is 20.1 Å². The van der Waals surface area contributed by atoms with E-state index in [1.54, 1.807) is 0 Å². The molecule has 0 aliphatic carbocycles. The first kappa shape index (κ1) is 17.8. The molecule has 0 aromatic carbocycles. The third-order valence-electron chi connectivity index (χ3n) is 2.42. The molecule has 0 aromatic rings. The molecule has 0 saturated carbocycles. The van der Waals surface area contributed by atoms with Gasteiger partial charge in [-0.15, -0.1) is 19.0 Å². The van der Waals surface area contributed by atoms with E-state index in [9.17, 15) is 4.79 Å². The molecule has 0 spiro atoms. The Morgan fingerprint density at radius 1 is 1.31 bits per heavy atom. The molecule has 1 amide bonds. The van der Waals surface area contributed by atoms with Crippen LogP contribution in [0.2, 0.25) is 0 Å². The molecule has 0 radical (unpaired) electrons. The third-order valence-corrected chi connectivity index (χ3v) is 2.42. The maximum atomic E-state index is 11.5. The molecular weight excluding hydrogens is 224 g/mol. The van der Waals surface area contributed by atoms with Crippen molar-refractivity contribution in [2.24, 2.45) is 5.73 Å². The molecule has 0 bridgehead atoms. The summed E-state index contributed by atoms with van der Waals surface area (Å²) in [7, 11) is 1.87. The molecule has 0 aliphatic heterocycles. The second-order valence-electron chi connectivity index (χ2n) is 3.85. The largest absolute Gasteiger partial charge is 0.346 e. The van der Waals surface area contributed by atoms with Crippen LogP contribution in [0.5, 0.6) is 0 Å². The highest BCUT2D eigenvalue weighted by Crippen LogP contribution is 2.02. The monoisotopic (exact) mass is 248 g/mol. The number of rotatable bonds is 9. The maximum absolute atomic E-state index is 11.5. The van der Waals surface area contributed by atoms with Gasteiger partial charge in [-0.25, -0.2) is 0 Å². The van der Waals surface area contributed by atoms with E-state index >= 15 is 0 Å². The summed E-state index contributed by atoms with van der Waals surface area (Å²) >= 11 is 0. The van der Waals surface area contributed by atoms with Crippen molar-refractivity contribution in [1.29, 1.82) is 0 Å². The molecule has 0 rings (SSSR count). The number of allylic oxidation sites excluding steroid dienone is 1. The van der Waals surface area contributed by atoms with Gasteiger partial charge in [-0.1, -0.05) is 12.5 Å². The van der Waals surface area contributed by atoms with Crippen LogP contribution in [-0.4, -0.2) is 30.9 Å². The van der Waals surface area contributed by atoms with Gasteiger partial charge >= 0.3 is 0 Å². The molecule has 0 aromatic heterocycles. The zero-order chi connectivity index (χ0) is 11.5. The highest BCUT2D eigenvalue weighted by Gasteiger charge is 2.06. The SMILES string of the molecule is C=CCCCCCN(C)C(=O)CCCN.Cl. The number of nitrogens with zero attached hydrogens (tertiary/aromatic N) is 1. The number of unbranched alkanes of at least 4 members (excludes halogenated alkanes) is 3. The van der Waals surface area contributed by atoms with Gasteiger partial charge in [0.1, 0.15) is 0 Å². The van der Waals surface area contributed by atoms with Gasteiger partial charge in [0.15, 0.2) is 0 Å². The van der Waals surface area contributed by atoms with Crippen molar-refractivity contribution in [1.82, 2.24) is 4.90 Å². The van der Waals surface area contributed by atoms with Crippen LogP contribution in [-0.2, 0) is 4.79 Å². The summed E-state index contributed by atoms with van der Waals surface area (Å²) in [6.45, 7) is 5.14. The van der Waals surface area contributed by atoms with E-state index in [1.165, 1.54) is 12.8 Å². The lowest BCUT2D eigenvalue weighted by Gasteiger charge is -2.16. The first-order chi connectivity index (χ1) is 7.22. The normalized spacial score (nSPS) is 9.38. The first-order valence-electron chi connectivity index (χ1n) is 5.77. The van der Waals surface area contributed by atoms with Crippen LogP contribution in [0.1, 0.15) is 38.5 Å². The zero-order valence-electron chi connectivity index (χ0n) is 10.3. The number of carbonyl (C=O) groups excluding carboxylic acids is 1. The quantitative estimate of drug-likeness (QED) is 0.503. The Balaban J connectivity index is 0. The molecule has 3 nitrogen and oxygen atoms in total. The summed E-state index contributed by atoms with van der Waals surface area (Å²) in [6, 6.07) is 0. The lowest BCUT2D eigenvalue weighted by molar-refractivity contribution is -0.130. The molecule has 0 aliphatic rings. The predicted molar refractivity (Wildman–Crippen MR) is 71.8 cm³/mol. The highest BCUT2D eigenvalue weighted by molar-refractivity contribution is 5.85. The van der Waals surface area contributed by atoms with Crippen LogP contribution < -0.4 is 5.73 Å². The van der Waals surface area contributed by atoms with Gasteiger partial charge in [-0.3, -0.25) is 4.79 Å². The molecular formula is C12H25ClN2O. The van der Waals surface area contributed by atoms with E-state index < -0.39 is 0 Å². The fraction of sp³-hybridized carbons (Fsp3) is 0.750. The van der Waals surface area contributed by atoms with Gasteiger partial charge in [-0.2, -0.15) is 0 Å². The first-order valence-corrected chi connectivity index (χ1v) is 5.77. The number of nitrogens with two attached hydrogens (primary N) is 1. The summed E-state index contributed by atoms with van der Waals surface area (Å²) in [5.74, 6) is 0.212. The molecule has 0 unspecified atom stereocenters. The average Bonchev–Trinajstić information content (AvgIpc) is 2.25. The lowest BCUT2D eigenvalue weighted by Crippen LogP contribution is -2.27. The van der Waals surface area contributed by atoms with E-state index in [0.29, 0.717) is 13.0 Å². The smallest absolute Gasteiger partial charge is 0.222 e. The predicted octanol–water partition coefficient (Wildman–Crippen LogP) is 2.35. The Morgan fingerprint density at radius 3 is 2.56 bits per heavy atom. The van der Waals surface area contributed by atoms with Crippen LogP contribution in [0.15, 0.2) is 12.7 Å². The molecule has 2 N–H and O–H groups in total. The van der Waals surface area contributed by atoms with Crippen LogP contribution in [0.3, 0.4) is 0 Å². The van der Waals surface area contributed by atoms with E-state index in [-0.39, 0.29) is 18.3 Å².